The van der Waals surface area contributed by atoms with Gasteiger partial charge in [-0.25, -0.2) is 0 Å². The molecular weight excluding hydrogens is 324 g/mol. The molecule has 1 aromatic rings. The van der Waals surface area contributed by atoms with E-state index in [2.05, 4.69) is 34.5 Å². The molecule has 138 valence electrons. The Hall–Kier alpha value is -2.10. The first-order valence-corrected chi connectivity index (χ1v) is 9.96. The smallest absolute Gasteiger partial charge is 0.223 e. The van der Waals surface area contributed by atoms with Crippen LogP contribution in [0.4, 0.5) is 0 Å². The molecule has 0 unspecified atom stereocenters. The molecule has 1 saturated carbocycles. The zero-order valence-electron chi connectivity index (χ0n) is 15.3. The van der Waals surface area contributed by atoms with Crippen molar-refractivity contribution < 1.29 is 9.59 Å². The van der Waals surface area contributed by atoms with Gasteiger partial charge in [0.2, 0.25) is 11.8 Å². The number of hydrogen-bond acceptors (Lipinski definition) is 2. The van der Waals surface area contributed by atoms with Crippen molar-refractivity contribution in [1.82, 2.24) is 10.2 Å². The first-order chi connectivity index (χ1) is 12.7. The van der Waals surface area contributed by atoms with E-state index in [1.54, 1.807) is 0 Å². The highest BCUT2D eigenvalue weighted by atomic mass is 16.2. The second kappa shape index (κ2) is 7.26. The summed E-state index contributed by atoms with van der Waals surface area (Å²) in [6.45, 7) is 0.713. The van der Waals surface area contributed by atoms with Crippen molar-refractivity contribution in [2.75, 3.05) is 0 Å². The van der Waals surface area contributed by atoms with Gasteiger partial charge < -0.3 is 10.2 Å². The normalized spacial score (nSPS) is 28.8. The first-order valence-electron chi connectivity index (χ1n) is 9.96. The third-order valence-electron chi connectivity index (χ3n) is 6.50. The van der Waals surface area contributed by atoms with Crippen LogP contribution in [-0.2, 0) is 16.1 Å². The lowest BCUT2D eigenvalue weighted by Crippen LogP contribution is -2.51. The molecule has 1 aromatic carbocycles. The van der Waals surface area contributed by atoms with Crippen molar-refractivity contribution in [3.05, 3.63) is 48.0 Å². The Balaban J connectivity index is 1.37. The molecule has 2 aliphatic carbocycles. The highest BCUT2D eigenvalue weighted by Gasteiger charge is 2.47. The van der Waals surface area contributed by atoms with E-state index in [0.29, 0.717) is 13.0 Å². The van der Waals surface area contributed by atoms with Gasteiger partial charge in [-0.1, -0.05) is 42.5 Å². The average Bonchev–Trinajstić information content (AvgIpc) is 3.30. The summed E-state index contributed by atoms with van der Waals surface area (Å²) < 4.78 is 0. The predicted octanol–water partition coefficient (Wildman–Crippen LogP) is 3.57. The van der Waals surface area contributed by atoms with E-state index < -0.39 is 0 Å². The van der Waals surface area contributed by atoms with E-state index in [1.165, 1.54) is 5.56 Å². The summed E-state index contributed by atoms with van der Waals surface area (Å²) in [4.78, 5) is 27.0. The van der Waals surface area contributed by atoms with Crippen molar-refractivity contribution in [3.8, 4) is 0 Å². The number of rotatable bonds is 4. The molecule has 0 aromatic heterocycles. The van der Waals surface area contributed by atoms with Gasteiger partial charge in [0, 0.05) is 30.5 Å². The van der Waals surface area contributed by atoms with Gasteiger partial charge in [0.1, 0.15) is 0 Å². The van der Waals surface area contributed by atoms with Crippen LogP contribution in [0.25, 0.3) is 0 Å². The predicted molar refractivity (Wildman–Crippen MR) is 101 cm³/mol. The SMILES string of the molecule is O=C(NC1CCC2(CCC(=O)N2Cc2ccccc2)CC1)C1CC=CC1. The molecule has 4 rings (SSSR count). The van der Waals surface area contributed by atoms with E-state index in [0.717, 1.165) is 44.9 Å². The van der Waals surface area contributed by atoms with Crippen LogP contribution < -0.4 is 5.32 Å². The molecule has 1 N–H and O–H groups in total. The van der Waals surface area contributed by atoms with Crippen molar-refractivity contribution >= 4 is 11.8 Å². The van der Waals surface area contributed by atoms with Gasteiger partial charge in [-0.2, -0.15) is 0 Å². The lowest BCUT2D eigenvalue weighted by atomic mass is 9.77. The van der Waals surface area contributed by atoms with Gasteiger partial charge in [-0.15, -0.1) is 0 Å². The van der Waals surface area contributed by atoms with Crippen LogP contribution in [0.3, 0.4) is 0 Å². The molecule has 4 nitrogen and oxygen atoms in total. The number of carbonyl (C=O) groups excluding carboxylic acids is 2. The van der Waals surface area contributed by atoms with Crippen molar-refractivity contribution in [3.63, 3.8) is 0 Å². The lowest BCUT2D eigenvalue weighted by molar-refractivity contribution is -0.133. The fourth-order valence-electron chi connectivity index (χ4n) is 4.87. The Morgan fingerprint density at radius 2 is 1.77 bits per heavy atom. The van der Waals surface area contributed by atoms with Gasteiger partial charge >= 0.3 is 0 Å². The molecule has 1 aliphatic heterocycles. The van der Waals surface area contributed by atoms with Gasteiger partial charge in [0.15, 0.2) is 0 Å². The highest BCUT2D eigenvalue weighted by Crippen LogP contribution is 2.43. The maximum atomic E-state index is 12.5. The largest absolute Gasteiger partial charge is 0.353 e. The summed E-state index contributed by atoms with van der Waals surface area (Å²) in [5.74, 6) is 0.626. The summed E-state index contributed by atoms with van der Waals surface area (Å²) in [5, 5.41) is 3.26. The van der Waals surface area contributed by atoms with Crippen LogP contribution in [0.2, 0.25) is 0 Å². The summed E-state index contributed by atoms with van der Waals surface area (Å²) in [6, 6.07) is 10.5. The number of amides is 2. The zero-order valence-corrected chi connectivity index (χ0v) is 15.3. The third-order valence-corrected chi connectivity index (χ3v) is 6.50. The number of likely N-dealkylation sites (tertiary alicyclic amines) is 1. The molecule has 0 radical (unpaired) electrons. The fraction of sp³-hybridized carbons (Fsp3) is 0.545. The molecule has 2 amide bonds. The van der Waals surface area contributed by atoms with Gasteiger partial charge in [-0.3, -0.25) is 9.59 Å². The second-order valence-corrected chi connectivity index (χ2v) is 8.11. The molecule has 2 fully saturated rings. The van der Waals surface area contributed by atoms with Crippen molar-refractivity contribution in [1.29, 1.82) is 0 Å². The summed E-state index contributed by atoms with van der Waals surface area (Å²) in [6.07, 6.45) is 11.5. The molecule has 3 aliphatic rings. The molecule has 0 bridgehead atoms. The number of nitrogens with zero attached hydrogens (tertiary/aromatic N) is 1. The summed E-state index contributed by atoms with van der Waals surface area (Å²) in [7, 11) is 0. The van der Waals surface area contributed by atoms with E-state index >= 15 is 0 Å². The Morgan fingerprint density at radius 3 is 2.46 bits per heavy atom. The number of benzene rings is 1. The molecule has 1 saturated heterocycles. The zero-order chi connectivity index (χ0) is 18.0. The van der Waals surface area contributed by atoms with Crippen molar-refractivity contribution in [2.24, 2.45) is 5.92 Å². The van der Waals surface area contributed by atoms with Crippen LogP contribution in [0.15, 0.2) is 42.5 Å². The van der Waals surface area contributed by atoms with Gasteiger partial charge in [-0.05, 0) is 50.5 Å². The van der Waals surface area contributed by atoms with Crippen LogP contribution in [0, 0.1) is 5.92 Å². The minimum atomic E-state index is 0.00304. The van der Waals surface area contributed by atoms with Gasteiger partial charge in [0.25, 0.3) is 0 Å². The van der Waals surface area contributed by atoms with E-state index in [1.807, 2.05) is 18.2 Å². The third kappa shape index (κ3) is 3.42. The maximum absolute atomic E-state index is 12.5. The lowest BCUT2D eigenvalue weighted by Gasteiger charge is -2.44. The number of carbonyl (C=O) groups is 2. The Bertz CT molecular complexity index is 681. The van der Waals surface area contributed by atoms with Crippen LogP contribution in [0.1, 0.15) is 56.9 Å². The topological polar surface area (TPSA) is 49.4 Å². The van der Waals surface area contributed by atoms with E-state index in [-0.39, 0.29) is 29.3 Å². The molecular formula is C22H28N2O2. The maximum Gasteiger partial charge on any atom is 0.223 e. The molecule has 4 heteroatoms. The Morgan fingerprint density at radius 1 is 1.08 bits per heavy atom. The quantitative estimate of drug-likeness (QED) is 0.842. The summed E-state index contributed by atoms with van der Waals surface area (Å²) in [5.41, 5.74) is 1.20. The first kappa shape index (κ1) is 17.3. The molecule has 1 spiro atoms. The standard InChI is InChI=1S/C22H28N2O2/c25-20-12-15-22(24(20)16-17-6-2-1-3-7-17)13-10-19(11-14-22)23-21(26)18-8-4-5-9-18/h1-7,18-19H,8-16H2,(H,23,26). The average molecular weight is 352 g/mol. The van der Waals surface area contributed by atoms with E-state index in [9.17, 15) is 9.59 Å². The second-order valence-electron chi connectivity index (χ2n) is 8.11. The van der Waals surface area contributed by atoms with Crippen LogP contribution in [-0.4, -0.2) is 28.3 Å². The Kier molecular flexibility index (Phi) is 4.84. The van der Waals surface area contributed by atoms with E-state index in [4.69, 9.17) is 0 Å². The van der Waals surface area contributed by atoms with Crippen LogP contribution in [0.5, 0.6) is 0 Å². The minimum absolute atomic E-state index is 0.00304. The fourth-order valence-corrected chi connectivity index (χ4v) is 4.87. The van der Waals surface area contributed by atoms with Crippen LogP contribution >= 0.6 is 0 Å². The number of allylic oxidation sites excluding steroid dienone is 2. The number of nitrogens with one attached hydrogen (secondary N) is 1. The van der Waals surface area contributed by atoms with Crippen molar-refractivity contribution in [2.45, 2.75) is 69.5 Å². The van der Waals surface area contributed by atoms with Gasteiger partial charge in [0.05, 0.1) is 0 Å². The highest BCUT2D eigenvalue weighted by molar-refractivity contribution is 5.80. The monoisotopic (exact) mass is 352 g/mol. The number of hydrogen-bond donors (Lipinski definition) is 1. The Labute approximate surface area is 155 Å². The molecule has 1 heterocycles. The summed E-state index contributed by atoms with van der Waals surface area (Å²) >= 11 is 0. The molecule has 26 heavy (non-hydrogen) atoms. The molecule has 0 atom stereocenters. The minimum Gasteiger partial charge on any atom is -0.353 e.